The van der Waals surface area contributed by atoms with Crippen molar-refractivity contribution in [3.05, 3.63) is 70.4 Å². The maximum absolute atomic E-state index is 6.03. The topological polar surface area (TPSA) is 54.1 Å². The zero-order valence-electron chi connectivity index (χ0n) is 15.8. The van der Waals surface area contributed by atoms with Crippen LogP contribution in [0.5, 0.6) is 11.5 Å². The van der Waals surface area contributed by atoms with Gasteiger partial charge in [0.2, 0.25) is 0 Å². The van der Waals surface area contributed by atoms with Crippen molar-refractivity contribution in [2.75, 3.05) is 14.2 Å². The predicted octanol–water partition coefficient (Wildman–Crippen LogP) is 5.35. The van der Waals surface area contributed by atoms with Crippen LogP contribution in [0, 0.1) is 0 Å². The molecule has 0 aliphatic rings. The zero-order chi connectivity index (χ0) is 20.4. The molecule has 2 heterocycles. The summed E-state index contributed by atoms with van der Waals surface area (Å²) >= 11 is 9.79. The molecule has 0 aliphatic heterocycles. The Bertz CT molecular complexity index is 1120. The van der Waals surface area contributed by atoms with Crippen molar-refractivity contribution in [2.24, 2.45) is 0 Å². The first-order valence-electron chi connectivity index (χ1n) is 8.82. The van der Waals surface area contributed by atoms with Crippen LogP contribution in [0.2, 0.25) is 5.02 Å². The highest BCUT2D eigenvalue weighted by molar-refractivity contribution is 9.10. The Morgan fingerprint density at radius 1 is 0.931 bits per heavy atom. The molecule has 0 aliphatic carbocycles. The van der Waals surface area contributed by atoms with E-state index in [4.69, 9.17) is 26.2 Å². The molecule has 2 aromatic carbocycles. The molecule has 0 bridgehead atoms. The van der Waals surface area contributed by atoms with E-state index in [1.165, 1.54) is 0 Å². The highest BCUT2D eigenvalue weighted by Gasteiger charge is 2.19. The summed E-state index contributed by atoms with van der Waals surface area (Å²) in [6, 6.07) is 15.7. The molecule has 6 nitrogen and oxygen atoms in total. The number of hydrogen-bond acceptors (Lipinski definition) is 4. The van der Waals surface area contributed by atoms with E-state index in [1.54, 1.807) is 31.3 Å². The maximum Gasteiger partial charge on any atom is 0.133 e. The third kappa shape index (κ3) is 4.02. The van der Waals surface area contributed by atoms with Gasteiger partial charge in [-0.25, -0.2) is 9.36 Å². The third-order valence-corrected chi connectivity index (χ3v) is 5.45. The molecule has 0 unspecified atom stereocenters. The number of ether oxygens (including phenoxy) is 2. The fraction of sp³-hybridized carbons (Fsp3) is 0.143. The van der Waals surface area contributed by atoms with Gasteiger partial charge in [-0.3, -0.25) is 0 Å². The molecule has 0 amide bonds. The van der Waals surface area contributed by atoms with Gasteiger partial charge in [-0.1, -0.05) is 11.6 Å². The van der Waals surface area contributed by atoms with Gasteiger partial charge >= 0.3 is 0 Å². The highest BCUT2D eigenvalue weighted by Crippen LogP contribution is 2.37. The molecule has 0 atom stereocenters. The first-order valence-corrected chi connectivity index (χ1v) is 9.99. The average molecular weight is 474 g/mol. The smallest absolute Gasteiger partial charge is 0.133 e. The number of benzene rings is 2. The second-order valence-electron chi connectivity index (χ2n) is 6.31. The lowest BCUT2D eigenvalue weighted by Gasteiger charge is -2.09. The Balaban J connectivity index is 1.82. The molecule has 29 heavy (non-hydrogen) atoms. The largest absolute Gasteiger partial charge is 0.497 e. The summed E-state index contributed by atoms with van der Waals surface area (Å²) in [5, 5.41) is 9.71. The van der Waals surface area contributed by atoms with E-state index in [0.717, 1.165) is 38.5 Å². The molecule has 148 valence electrons. The Kier molecular flexibility index (Phi) is 5.60. The van der Waals surface area contributed by atoms with Crippen LogP contribution in [0.3, 0.4) is 0 Å². The molecule has 0 fully saturated rings. The lowest BCUT2D eigenvalue weighted by Crippen LogP contribution is -2.11. The van der Waals surface area contributed by atoms with Gasteiger partial charge in [0.1, 0.15) is 23.9 Å². The molecule has 0 N–H and O–H groups in total. The minimum absolute atomic E-state index is 0.419. The van der Waals surface area contributed by atoms with Gasteiger partial charge in [0, 0.05) is 17.3 Å². The van der Waals surface area contributed by atoms with Crippen LogP contribution in [-0.2, 0) is 6.67 Å². The number of rotatable bonds is 6. The summed E-state index contributed by atoms with van der Waals surface area (Å²) in [5.41, 5.74) is 3.75. The monoisotopic (exact) mass is 472 g/mol. The molecular weight excluding hydrogens is 456 g/mol. The summed E-state index contributed by atoms with van der Waals surface area (Å²) in [7, 11) is 3.30. The van der Waals surface area contributed by atoms with E-state index in [2.05, 4.69) is 21.0 Å². The van der Waals surface area contributed by atoms with Crippen molar-refractivity contribution < 1.29 is 9.47 Å². The van der Waals surface area contributed by atoms with Gasteiger partial charge in [0.15, 0.2) is 0 Å². The van der Waals surface area contributed by atoms with Crippen molar-refractivity contribution >= 4 is 27.5 Å². The van der Waals surface area contributed by atoms with Gasteiger partial charge in [-0.05, 0) is 64.5 Å². The molecule has 4 aromatic rings. The molecule has 8 heteroatoms. The van der Waals surface area contributed by atoms with E-state index >= 15 is 0 Å². The molecule has 4 rings (SSSR count). The second kappa shape index (κ2) is 8.31. The fourth-order valence-corrected chi connectivity index (χ4v) is 3.95. The van der Waals surface area contributed by atoms with Crippen molar-refractivity contribution in [3.63, 3.8) is 0 Å². The first kappa shape index (κ1) is 19.5. The number of hydrogen-bond donors (Lipinski definition) is 0. The van der Waals surface area contributed by atoms with Crippen molar-refractivity contribution in [1.29, 1.82) is 0 Å². The quantitative estimate of drug-likeness (QED) is 0.379. The lowest BCUT2D eigenvalue weighted by molar-refractivity contribution is 0.414. The number of nitrogens with zero attached hydrogens (tertiary/aromatic N) is 4. The van der Waals surface area contributed by atoms with Crippen molar-refractivity contribution in [3.8, 4) is 34.0 Å². The van der Waals surface area contributed by atoms with Gasteiger partial charge < -0.3 is 9.47 Å². The Hall–Kier alpha value is -2.77. The van der Waals surface area contributed by atoms with Gasteiger partial charge in [-0.2, -0.15) is 10.2 Å². The molecule has 0 spiro atoms. The zero-order valence-corrected chi connectivity index (χ0v) is 18.2. The Morgan fingerprint density at radius 3 is 2.03 bits per heavy atom. The van der Waals surface area contributed by atoms with Crippen LogP contribution < -0.4 is 9.47 Å². The molecule has 0 saturated carbocycles. The van der Waals surface area contributed by atoms with Gasteiger partial charge in [-0.15, -0.1) is 0 Å². The standard InChI is InChI=1S/C21H18BrClN4O2/c1-28-17-7-3-14(4-8-17)20-19(22)21(15-5-9-18(29-2)10-6-15)27(25-20)13-26-12-16(23)11-24-26/h3-12H,13H2,1-2H3. The lowest BCUT2D eigenvalue weighted by atomic mass is 10.1. The minimum Gasteiger partial charge on any atom is -0.497 e. The van der Waals surface area contributed by atoms with Crippen LogP contribution in [0.4, 0.5) is 0 Å². The molecule has 0 radical (unpaired) electrons. The van der Waals surface area contributed by atoms with E-state index in [9.17, 15) is 0 Å². The Morgan fingerprint density at radius 2 is 1.52 bits per heavy atom. The average Bonchev–Trinajstić information content (AvgIpc) is 3.31. The SMILES string of the molecule is COc1ccc(-c2nn(Cn3cc(Cl)cn3)c(-c3ccc(OC)cc3)c2Br)cc1. The number of halogens is 2. The van der Waals surface area contributed by atoms with Crippen LogP contribution in [0.1, 0.15) is 0 Å². The van der Waals surface area contributed by atoms with Crippen molar-refractivity contribution in [1.82, 2.24) is 19.6 Å². The van der Waals surface area contributed by atoms with Crippen molar-refractivity contribution in [2.45, 2.75) is 6.67 Å². The van der Waals surface area contributed by atoms with E-state index in [1.807, 2.05) is 53.2 Å². The molecule has 0 saturated heterocycles. The van der Waals surface area contributed by atoms with Crippen LogP contribution in [0.15, 0.2) is 65.4 Å². The summed E-state index contributed by atoms with van der Waals surface area (Å²) in [6.45, 7) is 0.419. The fourth-order valence-electron chi connectivity index (χ4n) is 3.05. The molecule has 2 aromatic heterocycles. The van der Waals surface area contributed by atoms with Crippen LogP contribution in [0.25, 0.3) is 22.5 Å². The van der Waals surface area contributed by atoms with Gasteiger partial charge in [0.25, 0.3) is 0 Å². The maximum atomic E-state index is 6.03. The highest BCUT2D eigenvalue weighted by atomic mass is 79.9. The second-order valence-corrected chi connectivity index (χ2v) is 7.54. The van der Waals surface area contributed by atoms with Crippen LogP contribution in [-0.4, -0.2) is 33.8 Å². The first-order chi connectivity index (χ1) is 14.1. The number of methoxy groups -OCH3 is 2. The Labute approximate surface area is 181 Å². The summed E-state index contributed by atoms with van der Waals surface area (Å²) < 4.78 is 15.1. The third-order valence-electron chi connectivity index (χ3n) is 4.50. The number of aromatic nitrogens is 4. The summed E-state index contributed by atoms with van der Waals surface area (Å²) in [6.07, 6.45) is 3.37. The predicted molar refractivity (Wildman–Crippen MR) is 117 cm³/mol. The van der Waals surface area contributed by atoms with Gasteiger partial charge in [0.05, 0.1) is 35.6 Å². The minimum atomic E-state index is 0.419. The summed E-state index contributed by atoms with van der Waals surface area (Å²) in [5.74, 6) is 1.59. The normalized spacial score (nSPS) is 10.9. The van der Waals surface area contributed by atoms with E-state index in [0.29, 0.717) is 11.7 Å². The molecular formula is C21H18BrClN4O2. The van der Waals surface area contributed by atoms with E-state index in [-0.39, 0.29) is 0 Å². The van der Waals surface area contributed by atoms with E-state index < -0.39 is 0 Å². The van der Waals surface area contributed by atoms with Crippen LogP contribution >= 0.6 is 27.5 Å². The summed E-state index contributed by atoms with van der Waals surface area (Å²) in [4.78, 5) is 0.